The number of hydrogen-bond donors (Lipinski definition) is 3. The quantitative estimate of drug-likeness (QED) is 0.701. The number of halogens is 1. The molecule has 0 aliphatic rings. The fourth-order valence-electron chi connectivity index (χ4n) is 1.40. The van der Waals surface area contributed by atoms with Gasteiger partial charge in [0.2, 0.25) is 5.91 Å². The molecule has 0 fully saturated rings. The van der Waals surface area contributed by atoms with Crippen molar-refractivity contribution in [1.29, 1.82) is 0 Å². The second-order valence-corrected chi connectivity index (χ2v) is 4.85. The van der Waals surface area contributed by atoms with E-state index in [0.29, 0.717) is 5.56 Å². The Morgan fingerprint density at radius 1 is 1.33 bits per heavy atom. The summed E-state index contributed by atoms with van der Waals surface area (Å²) in [5.41, 5.74) is 3.81. The Morgan fingerprint density at radius 3 is 2.48 bits per heavy atom. The maximum atomic E-state index is 13.7. The van der Waals surface area contributed by atoms with Crippen LogP contribution in [0.25, 0.3) is 6.08 Å². The van der Waals surface area contributed by atoms with Gasteiger partial charge in [0.05, 0.1) is 5.56 Å². The predicted molar refractivity (Wildman–Crippen MR) is 73.8 cm³/mol. The summed E-state index contributed by atoms with van der Waals surface area (Å²) in [6, 6.07) is 3.54. The van der Waals surface area contributed by atoms with Gasteiger partial charge in [0.1, 0.15) is 11.4 Å². The van der Waals surface area contributed by atoms with Gasteiger partial charge in [0.25, 0.3) is 5.91 Å². The highest BCUT2D eigenvalue weighted by Crippen LogP contribution is 2.13. The highest BCUT2D eigenvalue weighted by Gasteiger charge is 2.28. The lowest BCUT2D eigenvalue weighted by atomic mass is 10.0. The maximum absolute atomic E-state index is 13.7. The van der Waals surface area contributed by atoms with E-state index in [9.17, 15) is 18.8 Å². The lowest BCUT2D eigenvalue weighted by molar-refractivity contribution is -0.131. The van der Waals surface area contributed by atoms with Crippen molar-refractivity contribution in [1.82, 2.24) is 5.32 Å². The Balaban J connectivity index is 3.07. The van der Waals surface area contributed by atoms with Crippen LogP contribution in [0.3, 0.4) is 0 Å². The largest absolute Gasteiger partial charge is 0.478 e. The van der Waals surface area contributed by atoms with E-state index in [2.05, 4.69) is 5.32 Å². The van der Waals surface area contributed by atoms with Crippen LogP contribution < -0.4 is 11.1 Å². The molecule has 0 aliphatic heterocycles. The molecule has 0 atom stereocenters. The molecule has 21 heavy (non-hydrogen) atoms. The van der Waals surface area contributed by atoms with Crippen LogP contribution in [0.5, 0.6) is 0 Å². The second kappa shape index (κ2) is 6.17. The molecule has 0 heterocycles. The van der Waals surface area contributed by atoms with Gasteiger partial charge in [-0.1, -0.05) is 6.07 Å². The molecule has 1 aromatic carbocycles. The van der Waals surface area contributed by atoms with Gasteiger partial charge in [-0.05, 0) is 37.6 Å². The highest BCUT2D eigenvalue weighted by molar-refractivity contribution is 5.99. The normalized spacial score (nSPS) is 11.4. The Kier molecular flexibility index (Phi) is 4.80. The Morgan fingerprint density at radius 2 is 1.95 bits per heavy atom. The SMILES string of the molecule is CC(C)(NC(=O)c1cc(C=CC(=O)O)ccc1F)C(N)=O. The van der Waals surface area contributed by atoms with Gasteiger partial charge in [0.15, 0.2) is 0 Å². The summed E-state index contributed by atoms with van der Waals surface area (Å²) in [4.78, 5) is 33.6. The van der Waals surface area contributed by atoms with Crippen LogP contribution in [0.2, 0.25) is 0 Å². The third-order valence-corrected chi connectivity index (χ3v) is 2.70. The average Bonchev–Trinajstić information content (AvgIpc) is 2.36. The number of carbonyl (C=O) groups is 3. The number of hydrogen-bond acceptors (Lipinski definition) is 3. The minimum absolute atomic E-state index is 0.308. The van der Waals surface area contributed by atoms with Crippen LogP contribution in [0.1, 0.15) is 29.8 Å². The number of primary amides is 1. The maximum Gasteiger partial charge on any atom is 0.328 e. The van der Waals surface area contributed by atoms with Crippen molar-refractivity contribution >= 4 is 23.9 Å². The van der Waals surface area contributed by atoms with Crippen molar-refractivity contribution in [3.8, 4) is 0 Å². The Bertz CT molecular complexity index is 623. The van der Waals surface area contributed by atoms with Crippen molar-refractivity contribution < 1.29 is 23.9 Å². The van der Waals surface area contributed by atoms with Crippen molar-refractivity contribution in [2.45, 2.75) is 19.4 Å². The zero-order valence-corrected chi connectivity index (χ0v) is 11.5. The van der Waals surface area contributed by atoms with Crippen LogP contribution in [0.15, 0.2) is 24.3 Å². The lowest BCUT2D eigenvalue weighted by Crippen LogP contribution is -2.53. The Labute approximate surface area is 120 Å². The van der Waals surface area contributed by atoms with Crippen LogP contribution in [-0.2, 0) is 9.59 Å². The zero-order chi connectivity index (χ0) is 16.2. The molecule has 0 aliphatic carbocycles. The number of aliphatic carboxylic acids is 1. The summed E-state index contributed by atoms with van der Waals surface area (Å²) in [6.07, 6.45) is 2.08. The van der Waals surface area contributed by atoms with Gasteiger partial charge in [-0.25, -0.2) is 9.18 Å². The average molecular weight is 294 g/mol. The van der Waals surface area contributed by atoms with Crippen molar-refractivity contribution in [2.24, 2.45) is 5.73 Å². The molecule has 0 bridgehead atoms. The number of carbonyl (C=O) groups excluding carboxylic acids is 2. The van der Waals surface area contributed by atoms with Gasteiger partial charge >= 0.3 is 5.97 Å². The number of nitrogens with one attached hydrogen (secondary N) is 1. The van der Waals surface area contributed by atoms with Gasteiger partial charge in [-0.15, -0.1) is 0 Å². The fourth-order valence-corrected chi connectivity index (χ4v) is 1.40. The van der Waals surface area contributed by atoms with E-state index in [4.69, 9.17) is 10.8 Å². The molecule has 0 radical (unpaired) electrons. The van der Waals surface area contributed by atoms with Crippen LogP contribution in [0, 0.1) is 5.82 Å². The first kappa shape index (κ1) is 16.4. The van der Waals surface area contributed by atoms with Gasteiger partial charge < -0.3 is 16.2 Å². The smallest absolute Gasteiger partial charge is 0.328 e. The van der Waals surface area contributed by atoms with Crippen LogP contribution in [0.4, 0.5) is 4.39 Å². The molecular weight excluding hydrogens is 279 g/mol. The van der Waals surface area contributed by atoms with Crippen LogP contribution in [-0.4, -0.2) is 28.4 Å². The van der Waals surface area contributed by atoms with E-state index in [1.807, 2.05) is 0 Å². The van der Waals surface area contributed by atoms with Crippen molar-refractivity contribution in [3.05, 3.63) is 41.2 Å². The topological polar surface area (TPSA) is 109 Å². The summed E-state index contributed by atoms with van der Waals surface area (Å²) in [5, 5.41) is 10.8. The first-order valence-corrected chi connectivity index (χ1v) is 5.96. The molecule has 0 spiro atoms. The van der Waals surface area contributed by atoms with Crippen molar-refractivity contribution in [3.63, 3.8) is 0 Å². The molecule has 4 N–H and O–H groups in total. The molecule has 2 amide bonds. The minimum Gasteiger partial charge on any atom is -0.478 e. The molecule has 1 rings (SSSR count). The second-order valence-electron chi connectivity index (χ2n) is 4.85. The zero-order valence-electron chi connectivity index (χ0n) is 11.5. The minimum atomic E-state index is -1.34. The van der Waals surface area contributed by atoms with E-state index >= 15 is 0 Å². The number of nitrogens with two attached hydrogens (primary N) is 1. The molecule has 1 aromatic rings. The highest BCUT2D eigenvalue weighted by atomic mass is 19.1. The van der Waals surface area contributed by atoms with Gasteiger partial charge in [0, 0.05) is 6.08 Å². The van der Waals surface area contributed by atoms with Gasteiger partial charge in [-0.2, -0.15) is 0 Å². The van der Waals surface area contributed by atoms with E-state index in [1.54, 1.807) is 0 Å². The molecule has 0 saturated heterocycles. The van der Waals surface area contributed by atoms with E-state index < -0.39 is 29.1 Å². The summed E-state index contributed by atoms with van der Waals surface area (Å²) >= 11 is 0. The standard InChI is InChI=1S/C14H15FN2O4/c1-14(2,13(16)21)17-12(20)9-7-8(3-5-10(9)15)4-6-11(18)19/h3-7H,1-2H3,(H2,16,21)(H,17,20)(H,18,19). The predicted octanol–water partition coefficient (Wildman–Crippen LogP) is 0.917. The molecule has 0 unspecified atom stereocenters. The molecule has 6 nitrogen and oxygen atoms in total. The van der Waals surface area contributed by atoms with E-state index in [1.165, 1.54) is 32.1 Å². The molecule has 7 heteroatoms. The lowest BCUT2D eigenvalue weighted by Gasteiger charge is -2.22. The first-order chi connectivity index (χ1) is 9.63. The first-order valence-electron chi connectivity index (χ1n) is 5.96. The van der Waals surface area contributed by atoms with Crippen LogP contribution >= 0.6 is 0 Å². The van der Waals surface area contributed by atoms with Crippen molar-refractivity contribution in [2.75, 3.05) is 0 Å². The number of carboxylic acids is 1. The number of rotatable bonds is 5. The number of benzene rings is 1. The molecule has 0 aromatic heterocycles. The monoisotopic (exact) mass is 294 g/mol. The summed E-state index contributed by atoms with van der Waals surface area (Å²) < 4.78 is 13.7. The Hall–Kier alpha value is -2.70. The van der Waals surface area contributed by atoms with E-state index in [-0.39, 0.29) is 5.56 Å². The van der Waals surface area contributed by atoms with E-state index in [0.717, 1.165) is 12.1 Å². The van der Waals surface area contributed by atoms with Gasteiger partial charge in [-0.3, -0.25) is 9.59 Å². The molecule has 112 valence electrons. The summed E-state index contributed by atoms with van der Waals surface area (Å²) in [5.74, 6) is -3.54. The third-order valence-electron chi connectivity index (χ3n) is 2.70. The number of amides is 2. The summed E-state index contributed by atoms with van der Waals surface area (Å²) in [6.45, 7) is 2.78. The third kappa shape index (κ3) is 4.41. The molecule has 0 saturated carbocycles. The number of carboxylic acid groups (broad SMARTS) is 1. The fraction of sp³-hybridized carbons (Fsp3) is 0.214. The summed E-state index contributed by atoms with van der Waals surface area (Å²) in [7, 11) is 0. The molecular formula is C14H15FN2O4.